The average Bonchev–Trinajstić information content (AvgIpc) is 2.91. The van der Waals surface area contributed by atoms with Crippen molar-refractivity contribution in [3.8, 4) is 0 Å². The number of carboxylic acid groups (broad SMARTS) is 1. The monoisotopic (exact) mass is 438 g/mol. The van der Waals surface area contributed by atoms with Crippen LogP contribution in [0.1, 0.15) is 15.4 Å². The number of carboxylic acids is 1. The smallest absolute Gasteiger partial charge is 0.336 e. The van der Waals surface area contributed by atoms with Gasteiger partial charge in [-0.3, -0.25) is 0 Å². The Hall–Kier alpha value is -1.04. The Labute approximate surface area is 139 Å². The van der Waals surface area contributed by atoms with Crippen LogP contribution in [-0.4, -0.2) is 31.0 Å². The van der Waals surface area contributed by atoms with Crippen LogP contribution in [0.3, 0.4) is 0 Å². The Bertz CT molecular complexity index is 745. The van der Waals surface area contributed by atoms with Gasteiger partial charge in [0.2, 0.25) is 10.0 Å². The van der Waals surface area contributed by atoms with Crippen LogP contribution in [0.4, 0.5) is 0 Å². The van der Waals surface area contributed by atoms with E-state index in [1.807, 2.05) is 28.0 Å². The standard InChI is InChI=1S/C12H11IN2O4S2/c13-10-2-1-8(7-9(10)12(16)17)21(18,19)15-4-3-11-14-5-6-20-11/h1-2,5-7,15H,3-4H2,(H,16,17). The largest absolute Gasteiger partial charge is 0.478 e. The minimum atomic E-state index is -3.73. The predicted octanol–water partition coefficient (Wildman–Crippen LogP) is 1.97. The molecule has 0 saturated heterocycles. The van der Waals surface area contributed by atoms with Crippen molar-refractivity contribution in [3.05, 3.63) is 43.9 Å². The molecule has 9 heteroatoms. The summed E-state index contributed by atoms with van der Waals surface area (Å²) in [6.45, 7) is 0.213. The molecule has 2 N–H and O–H groups in total. The Morgan fingerprint density at radius 2 is 2.19 bits per heavy atom. The summed E-state index contributed by atoms with van der Waals surface area (Å²) >= 11 is 3.31. The second-order valence-corrected chi connectivity index (χ2v) is 7.93. The van der Waals surface area contributed by atoms with Crippen LogP contribution in [-0.2, 0) is 16.4 Å². The first-order chi connectivity index (χ1) is 9.90. The Balaban J connectivity index is 2.12. The number of sulfonamides is 1. The lowest BCUT2D eigenvalue weighted by atomic mass is 10.2. The number of thiazole rings is 1. The molecule has 1 aromatic carbocycles. The molecule has 0 saturated carbocycles. The van der Waals surface area contributed by atoms with E-state index in [1.165, 1.54) is 23.5 Å². The van der Waals surface area contributed by atoms with Crippen molar-refractivity contribution >= 4 is 49.9 Å². The molecule has 0 aliphatic carbocycles. The van der Waals surface area contributed by atoms with Crippen LogP contribution < -0.4 is 4.72 Å². The molecule has 0 radical (unpaired) electrons. The van der Waals surface area contributed by atoms with Crippen LogP contribution in [0.2, 0.25) is 0 Å². The molecule has 6 nitrogen and oxygen atoms in total. The van der Waals surface area contributed by atoms with E-state index in [9.17, 15) is 13.2 Å². The molecule has 2 rings (SSSR count). The first-order valence-electron chi connectivity index (χ1n) is 5.81. The van der Waals surface area contributed by atoms with Gasteiger partial charge in [0, 0.05) is 28.1 Å². The van der Waals surface area contributed by atoms with Gasteiger partial charge < -0.3 is 5.11 Å². The highest BCUT2D eigenvalue weighted by atomic mass is 127. The summed E-state index contributed by atoms with van der Waals surface area (Å²) in [7, 11) is -3.73. The van der Waals surface area contributed by atoms with Crippen LogP contribution >= 0.6 is 33.9 Å². The molecule has 2 aromatic rings. The van der Waals surface area contributed by atoms with E-state index in [0.717, 1.165) is 11.1 Å². The Morgan fingerprint density at radius 3 is 2.81 bits per heavy atom. The van der Waals surface area contributed by atoms with Gasteiger partial charge in [0.15, 0.2) is 0 Å². The minimum absolute atomic E-state index is 0.0293. The zero-order chi connectivity index (χ0) is 15.5. The number of benzene rings is 1. The van der Waals surface area contributed by atoms with E-state index in [-0.39, 0.29) is 17.0 Å². The van der Waals surface area contributed by atoms with Crippen molar-refractivity contribution < 1.29 is 18.3 Å². The highest BCUT2D eigenvalue weighted by molar-refractivity contribution is 14.1. The molecular formula is C12H11IN2O4S2. The van der Waals surface area contributed by atoms with E-state index >= 15 is 0 Å². The van der Waals surface area contributed by atoms with Crippen LogP contribution in [0.25, 0.3) is 0 Å². The van der Waals surface area contributed by atoms with Gasteiger partial charge in [0.05, 0.1) is 15.5 Å². The van der Waals surface area contributed by atoms with Gasteiger partial charge in [0.25, 0.3) is 0 Å². The van der Waals surface area contributed by atoms with Gasteiger partial charge in [-0.1, -0.05) is 0 Å². The third-order valence-corrected chi connectivity index (χ3v) is 5.83. The molecule has 0 spiro atoms. The summed E-state index contributed by atoms with van der Waals surface area (Å²) in [6, 6.07) is 4.02. The number of hydrogen-bond acceptors (Lipinski definition) is 5. The number of nitrogens with zero attached hydrogens (tertiary/aromatic N) is 1. The number of aromatic carboxylic acids is 1. The normalized spacial score (nSPS) is 11.5. The Morgan fingerprint density at radius 1 is 1.43 bits per heavy atom. The number of rotatable bonds is 6. The highest BCUT2D eigenvalue weighted by Gasteiger charge is 2.17. The van der Waals surface area contributed by atoms with Gasteiger partial charge in [-0.15, -0.1) is 11.3 Å². The fourth-order valence-corrected chi connectivity index (χ4v) is 3.83. The van der Waals surface area contributed by atoms with Gasteiger partial charge in [-0.2, -0.15) is 0 Å². The SMILES string of the molecule is O=C(O)c1cc(S(=O)(=O)NCCc2nccs2)ccc1I. The van der Waals surface area contributed by atoms with Crippen molar-refractivity contribution in [2.45, 2.75) is 11.3 Å². The van der Waals surface area contributed by atoms with Gasteiger partial charge in [-0.05, 0) is 40.8 Å². The van der Waals surface area contributed by atoms with E-state index in [1.54, 1.807) is 6.20 Å². The molecular weight excluding hydrogens is 427 g/mol. The highest BCUT2D eigenvalue weighted by Crippen LogP contribution is 2.18. The lowest BCUT2D eigenvalue weighted by Gasteiger charge is -2.07. The fraction of sp³-hybridized carbons (Fsp3) is 0.167. The number of hydrogen-bond donors (Lipinski definition) is 2. The summed E-state index contributed by atoms with van der Waals surface area (Å²) in [4.78, 5) is 15.0. The third kappa shape index (κ3) is 4.22. The van der Waals surface area contributed by atoms with Crippen molar-refractivity contribution in [1.29, 1.82) is 0 Å². The summed E-state index contributed by atoms with van der Waals surface area (Å²) in [6.07, 6.45) is 2.15. The zero-order valence-corrected chi connectivity index (χ0v) is 14.4. The van der Waals surface area contributed by atoms with Gasteiger partial charge in [-0.25, -0.2) is 22.9 Å². The molecule has 0 fully saturated rings. The first-order valence-corrected chi connectivity index (χ1v) is 9.25. The number of carbonyl (C=O) groups is 1. The predicted molar refractivity (Wildman–Crippen MR) is 87.1 cm³/mol. The molecule has 0 unspecified atom stereocenters. The van der Waals surface area contributed by atoms with E-state index in [4.69, 9.17) is 5.11 Å². The van der Waals surface area contributed by atoms with Gasteiger partial charge >= 0.3 is 5.97 Å². The van der Waals surface area contributed by atoms with Gasteiger partial charge in [0.1, 0.15) is 0 Å². The molecule has 0 aliphatic rings. The minimum Gasteiger partial charge on any atom is -0.478 e. The third-order valence-electron chi connectivity index (χ3n) is 2.59. The molecule has 1 aromatic heterocycles. The Kier molecular flexibility index (Phi) is 5.30. The molecule has 0 amide bonds. The first kappa shape index (κ1) is 16.3. The summed E-state index contributed by atoms with van der Waals surface area (Å²) in [5, 5.41) is 11.7. The second kappa shape index (κ2) is 6.81. The van der Waals surface area contributed by atoms with Crippen LogP contribution in [0.5, 0.6) is 0 Å². The number of nitrogens with one attached hydrogen (secondary N) is 1. The van der Waals surface area contributed by atoms with Crippen molar-refractivity contribution in [1.82, 2.24) is 9.71 Å². The average molecular weight is 438 g/mol. The van der Waals surface area contributed by atoms with Crippen molar-refractivity contribution in [3.63, 3.8) is 0 Å². The summed E-state index contributed by atoms with van der Waals surface area (Å²) in [5.41, 5.74) is -0.0293. The van der Waals surface area contributed by atoms with E-state index < -0.39 is 16.0 Å². The molecule has 0 bridgehead atoms. The summed E-state index contributed by atoms with van der Waals surface area (Å²) < 4.78 is 27.2. The second-order valence-electron chi connectivity index (χ2n) is 4.02. The zero-order valence-electron chi connectivity index (χ0n) is 10.6. The molecule has 0 aliphatic heterocycles. The quantitative estimate of drug-likeness (QED) is 0.673. The summed E-state index contributed by atoms with van der Waals surface area (Å²) in [5.74, 6) is -1.15. The maximum Gasteiger partial charge on any atom is 0.336 e. The maximum atomic E-state index is 12.1. The fourth-order valence-electron chi connectivity index (χ4n) is 1.59. The van der Waals surface area contributed by atoms with E-state index in [2.05, 4.69) is 9.71 Å². The number of aromatic nitrogens is 1. The molecule has 112 valence electrons. The molecule has 0 atom stereocenters. The molecule has 1 heterocycles. The van der Waals surface area contributed by atoms with Crippen molar-refractivity contribution in [2.24, 2.45) is 0 Å². The lowest BCUT2D eigenvalue weighted by Crippen LogP contribution is -2.26. The molecule has 21 heavy (non-hydrogen) atoms. The topological polar surface area (TPSA) is 96.4 Å². The van der Waals surface area contributed by atoms with Crippen molar-refractivity contribution in [2.75, 3.05) is 6.54 Å². The maximum absolute atomic E-state index is 12.1. The lowest BCUT2D eigenvalue weighted by molar-refractivity contribution is 0.0695. The van der Waals surface area contributed by atoms with Crippen LogP contribution in [0.15, 0.2) is 34.7 Å². The van der Waals surface area contributed by atoms with Crippen LogP contribution in [0, 0.1) is 3.57 Å². The van der Waals surface area contributed by atoms with E-state index in [0.29, 0.717) is 9.99 Å². The number of halogens is 1.